The Labute approximate surface area is 230 Å². The van der Waals surface area contributed by atoms with Gasteiger partial charge in [-0.25, -0.2) is 0 Å². The first-order valence-electron chi connectivity index (χ1n) is 13.5. The van der Waals surface area contributed by atoms with Crippen LogP contribution in [0.1, 0.15) is 71.8 Å². The highest BCUT2D eigenvalue weighted by molar-refractivity contribution is 7.80. The summed E-state index contributed by atoms with van der Waals surface area (Å²) in [6.07, 6.45) is 5.21. The van der Waals surface area contributed by atoms with Crippen LogP contribution in [0.3, 0.4) is 0 Å². The van der Waals surface area contributed by atoms with Crippen LogP contribution >= 0.6 is 12.6 Å². The highest BCUT2D eigenvalue weighted by atomic mass is 32.1. The third-order valence-corrected chi connectivity index (χ3v) is 7.04. The van der Waals surface area contributed by atoms with Gasteiger partial charge in [0.15, 0.2) is 0 Å². The highest BCUT2D eigenvalue weighted by Crippen LogP contribution is 2.28. The van der Waals surface area contributed by atoms with E-state index in [9.17, 15) is 9.59 Å². The molecule has 3 N–H and O–H groups in total. The minimum absolute atomic E-state index is 0.168. The quantitative estimate of drug-likeness (QED) is 0.133. The Kier molecular flexibility index (Phi) is 13.0. The van der Waals surface area contributed by atoms with Crippen LogP contribution in [0.4, 0.5) is 0 Å². The van der Waals surface area contributed by atoms with Crippen LogP contribution in [0.2, 0.25) is 0 Å². The number of hydrogen-bond acceptors (Lipinski definition) is 6. The predicted octanol–water partition coefficient (Wildman–Crippen LogP) is 3.16. The molecular weight excluding hydrogens is 485 g/mol. The zero-order chi connectivity index (χ0) is 27.4. The summed E-state index contributed by atoms with van der Waals surface area (Å²) in [5, 5.41) is 9.11. The molecule has 206 valence electrons. The topological polar surface area (TPSA) is 88.7 Å². The minimum atomic E-state index is -0.635. The second-order valence-electron chi connectivity index (χ2n) is 11.2. The van der Waals surface area contributed by atoms with Gasteiger partial charge in [0.25, 0.3) is 0 Å². The molecular formula is C28H46BN3O4S. The molecule has 1 unspecified atom stereocenters. The summed E-state index contributed by atoms with van der Waals surface area (Å²) in [6.45, 7) is 10.4. The molecule has 2 amide bonds. The van der Waals surface area contributed by atoms with Crippen LogP contribution < -0.4 is 16.0 Å². The van der Waals surface area contributed by atoms with E-state index < -0.39 is 11.6 Å². The van der Waals surface area contributed by atoms with E-state index in [1.807, 2.05) is 44.2 Å². The fourth-order valence-electron chi connectivity index (χ4n) is 4.12. The molecule has 0 heterocycles. The number of amides is 2. The van der Waals surface area contributed by atoms with E-state index in [1.165, 1.54) is 6.42 Å². The molecule has 0 aromatic heterocycles. The molecule has 9 heteroatoms. The SMILES string of the molecule is [B]C1(NCCOC(C)(C)CCOC(C)(C)CCC(=O)NC(Cc2ccccc2)C(=O)NCCS)CCC1. The number of rotatable bonds is 18. The molecule has 1 aromatic rings. The standard InChI is InChI=1S/C28H46BN3O4S/c1-26(2,35-18-15-27(3,4)36-19-16-31-28(29)12-8-13-28)14-11-24(33)32-23(25(34)30-17-20-37)21-22-9-6-5-7-10-22/h5-7,9-10,23,31,37H,8,11-21H2,1-4H3,(H,30,34)(H,32,33). The second kappa shape index (κ2) is 15.1. The van der Waals surface area contributed by atoms with E-state index in [4.69, 9.17) is 17.3 Å². The van der Waals surface area contributed by atoms with Crippen molar-refractivity contribution >= 4 is 32.3 Å². The van der Waals surface area contributed by atoms with Gasteiger partial charge in [0.05, 0.1) is 32.3 Å². The summed E-state index contributed by atoms with van der Waals surface area (Å²) in [7, 11) is 6.19. The summed E-state index contributed by atoms with van der Waals surface area (Å²) in [5.74, 6) is 0.170. The number of ether oxygens (including phenoxy) is 2. The maximum Gasteiger partial charge on any atom is 0.242 e. The van der Waals surface area contributed by atoms with Gasteiger partial charge in [-0.2, -0.15) is 12.6 Å². The van der Waals surface area contributed by atoms with Gasteiger partial charge in [0.2, 0.25) is 11.8 Å². The average molecular weight is 532 g/mol. The van der Waals surface area contributed by atoms with Gasteiger partial charge in [-0.3, -0.25) is 9.59 Å². The Morgan fingerprint density at radius 2 is 1.68 bits per heavy atom. The molecule has 0 bridgehead atoms. The van der Waals surface area contributed by atoms with Crippen LogP contribution in [0.15, 0.2) is 30.3 Å². The van der Waals surface area contributed by atoms with Gasteiger partial charge >= 0.3 is 0 Å². The van der Waals surface area contributed by atoms with Crippen molar-refractivity contribution in [2.75, 3.05) is 32.1 Å². The molecule has 1 saturated carbocycles. The van der Waals surface area contributed by atoms with Gasteiger partial charge in [0, 0.05) is 31.7 Å². The van der Waals surface area contributed by atoms with Crippen molar-refractivity contribution in [3.05, 3.63) is 35.9 Å². The largest absolute Gasteiger partial charge is 0.375 e. The molecule has 0 saturated heterocycles. The molecule has 0 aliphatic heterocycles. The van der Waals surface area contributed by atoms with Crippen LogP contribution in [0, 0.1) is 0 Å². The number of carbonyl (C=O) groups is 2. The van der Waals surface area contributed by atoms with Gasteiger partial charge < -0.3 is 25.4 Å². The predicted molar refractivity (Wildman–Crippen MR) is 153 cm³/mol. The molecule has 37 heavy (non-hydrogen) atoms. The minimum Gasteiger partial charge on any atom is -0.375 e. The van der Waals surface area contributed by atoms with Crippen LogP contribution in [0.25, 0.3) is 0 Å². The number of thiol groups is 1. The fourth-order valence-corrected chi connectivity index (χ4v) is 4.23. The number of benzene rings is 1. The number of hydrogen-bond donors (Lipinski definition) is 4. The molecule has 1 aliphatic rings. The molecule has 0 spiro atoms. The van der Waals surface area contributed by atoms with Crippen molar-refractivity contribution in [2.24, 2.45) is 0 Å². The summed E-state index contributed by atoms with van der Waals surface area (Å²) in [4.78, 5) is 25.4. The second-order valence-corrected chi connectivity index (χ2v) is 11.7. The lowest BCUT2D eigenvalue weighted by atomic mass is 9.62. The molecule has 1 fully saturated rings. The highest BCUT2D eigenvalue weighted by Gasteiger charge is 2.30. The van der Waals surface area contributed by atoms with Crippen LogP contribution in [-0.4, -0.2) is 74.4 Å². The lowest BCUT2D eigenvalue weighted by Gasteiger charge is -2.40. The van der Waals surface area contributed by atoms with E-state index in [0.717, 1.165) is 31.4 Å². The van der Waals surface area contributed by atoms with Gasteiger partial charge in [-0.15, -0.1) is 0 Å². The summed E-state index contributed by atoms with van der Waals surface area (Å²) >= 11 is 4.15. The first kappa shape index (κ1) is 31.7. The van der Waals surface area contributed by atoms with Crippen molar-refractivity contribution in [2.45, 2.75) is 95.3 Å². The molecule has 7 nitrogen and oxygen atoms in total. The Bertz CT molecular complexity index is 834. The van der Waals surface area contributed by atoms with E-state index in [-0.39, 0.29) is 29.3 Å². The van der Waals surface area contributed by atoms with Crippen molar-refractivity contribution in [3.8, 4) is 0 Å². The van der Waals surface area contributed by atoms with Crippen molar-refractivity contribution < 1.29 is 19.1 Å². The molecule has 2 radical (unpaired) electrons. The maximum absolute atomic E-state index is 12.7. The molecule has 1 aliphatic carbocycles. The van der Waals surface area contributed by atoms with Gasteiger partial charge in [-0.1, -0.05) is 36.8 Å². The van der Waals surface area contributed by atoms with Crippen molar-refractivity contribution in [1.29, 1.82) is 0 Å². The Morgan fingerprint density at radius 3 is 2.30 bits per heavy atom. The third-order valence-electron chi connectivity index (χ3n) is 6.81. The molecule has 2 rings (SSSR count). The lowest BCUT2D eigenvalue weighted by Crippen LogP contribution is -2.52. The first-order chi connectivity index (χ1) is 17.4. The summed E-state index contributed by atoms with van der Waals surface area (Å²) in [5.41, 5.74) is -0.00988. The number of nitrogens with one attached hydrogen (secondary N) is 3. The molecule has 1 atom stereocenters. The monoisotopic (exact) mass is 531 g/mol. The van der Waals surface area contributed by atoms with Crippen LogP contribution in [-0.2, 0) is 25.5 Å². The first-order valence-corrected chi connectivity index (χ1v) is 14.1. The van der Waals surface area contributed by atoms with E-state index >= 15 is 0 Å². The smallest absolute Gasteiger partial charge is 0.242 e. The van der Waals surface area contributed by atoms with E-state index in [1.54, 1.807) is 0 Å². The van der Waals surface area contributed by atoms with E-state index in [0.29, 0.717) is 38.4 Å². The zero-order valence-corrected chi connectivity index (χ0v) is 24.0. The maximum atomic E-state index is 12.7. The Balaban J connectivity index is 1.72. The fraction of sp³-hybridized carbons (Fsp3) is 0.714. The molecule has 1 aromatic carbocycles. The van der Waals surface area contributed by atoms with Gasteiger partial charge in [-0.05, 0) is 64.4 Å². The summed E-state index contributed by atoms with van der Waals surface area (Å²) < 4.78 is 12.2. The van der Waals surface area contributed by atoms with Gasteiger partial charge in [0.1, 0.15) is 6.04 Å². The summed E-state index contributed by atoms with van der Waals surface area (Å²) in [6, 6.07) is 9.04. The number of carbonyl (C=O) groups excluding carboxylic acids is 2. The van der Waals surface area contributed by atoms with Crippen LogP contribution in [0.5, 0.6) is 0 Å². The third kappa shape index (κ3) is 12.7. The van der Waals surface area contributed by atoms with Crippen molar-refractivity contribution in [1.82, 2.24) is 16.0 Å². The lowest BCUT2D eigenvalue weighted by molar-refractivity contribution is -0.130. The van der Waals surface area contributed by atoms with Crippen molar-refractivity contribution in [3.63, 3.8) is 0 Å². The normalized spacial score (nSPS) is 16.0. The average Bonchev–Trinajstić information content (AvgIpc) is 2.83. The Morgan fingerprint density at radius 1 is 1.03 bits per heavy atom. The Hall–Kier alpha value is -1.55. The van der Waals surface area contributed by atoms with E-state index in [2.05, 4.69) is 42.4 Å². The zero-order valence-electron chi connectivity index (χ0n) is 23.1.